The lowest BCUT2D eigenvalue weighted by molar-refractivity contribution is -0.274. The number of benzene rings is 2. The lowest BCUT2D eigenvalue weighted by Crippen LogP contribution is -2.28. The zero-order valence-electron chi connectivity index (χ0n) is 10.7. The second-order valence-electron chi connectivity index (χ2n) is 4.27. The number of hydrazine groups is 1. The van der Waals surface area contributed by atoms with E-state index in [2.05, 4.69) is 10.2 Å². The number of ether oxygens (including phenoxy) is 1. The number of hydrogen-bond acceptors (Lipinski definition) is 3. The van der Waals surface area contributed by atoms with Crippen molar-refractivity contribution in [1.29, 1.82) is 0 Å². The number of nitrogens with two attached hydrogens (primary N) is 1. The van der Waals surface area contributed by atoms with Crippen LogP contribution in [0.15, 0.2) is 48.5 Å². The van der Waals surface area contributed by atoms with E-state index < -0.39 is 18.2 Å². The van der Waals surface area contributed by atoms with E-state index in [1.807, 2.05) is 0 Å². The van der Waals surface area contributed by atoms with Gasteiger partial charge in [0.1, 0.15) is 11.6 Å². The molecule has 21 heavy (non-hydrogen) atoms. The van der Waals surface area contributed by atoms with Gasteiger partial charge in [-0.3, -0.25) is 5.84 Å². The smallest absolute Gasteiger partial charge is 0.406 e. The second-order valence-corrected chi connectivity index (χ2v) is 4.27. The van der Waals surface area contributed by atoms with Crippen LogP contribution in [-0.4, -0.2) is 6.36 Å². The monoisotopic (exact) mass is 300 g/mol. The number of hydrogen-bond donors (Lipinski definition) is 2. The van der Waals surface area contributed by atoms with Crippen molar-refractivity contribution in [2.45, 2.75) is 12.4 Å². The van der Waals surface area contributed by atoms with Crippen molar-refractivity contribution in [3.63, 3.8) is 0 Å². The normalized spacial score (nSPS) is 13.0. The van der Waals surface area contributed by atoms with E-state index in [0.717, 1.165) is 0 Å². The predicted octanol–water partition coefficient (Wildman–Crippen LogP) is 3.28. The molecule has 0 bridgehead atoms. The Morgan fingerprint density at radius 2 is 1.67 bits per heavy atom. The van der Waals surface area contributed by atoms with Gasteiger partial charge in [-0.25, -0.2) is 9.82 Å². The molecule has 0 aliphatic carbocycles. The quantitative estimate of drug-likeness (QED) is 0.517. The number of nitrogens with one attached hydrogen (secondary N) is 1. The summed E-state index contributed by atoms with van der Waals surface area (Å²) >= 11 is 0. The molecule has 0 fully saturated rings. The van der Waals surface area contributed by atoms with Gasteiger partial charge in [0.05, 0.1) is 6.04 Å². The first-order valence-electron chi connectivity index (χ1n) is 5.96. The highest BCUT2D eigenvalue weighted by Gasteiger charge is 2.31. The maximum Gasteiger partial charge on any atom is 0.573 e. The van der Waals surface area contributed by atoms with Crippen LogP contribution in [0, 0.1) is 5.82 Å². The minimum atomic E-state index is -4.74. The third kappa shape index (κ3) is 4.17. The molecule has 3 N–H and O–H groups in total. The average molecular weight is 300 g/mol. The van der Waals surface area contributed by atoms with Gasteiger partial charge < -0.3 is 4.74 Å². The molecule has 2 rings (SSSR count). The zero-order valence-corrected chi connectivity index (χ0v) is 10.7. The predicted molar refractivity (Wildman–Crippen MR) is 68.7 cm³/mol. The van der Waals surface area contributed by atoms with Crippen molar-refractivity contribution in [2.75, 3.05) is 0 Å². The Morgan fingerprint density at radius 3 is 2.19 bits per heavy atom. The SMILES string of the molecule is NNC(c1ccc(OC(F)(F)F)cc1)c1cccc(F)c1. The van der Waals surface area contributed by atoms with Gasteiger partial charge >= 0.3 is 6.36 Å². The first-order valence-corrected chi connectivity index (χ1v) is 5.96. The zero-order chi connectivity index (χ0) is 15.5. The fraction of sp³-hybridized carbons (Fsp3) is 0.143. The summed E-state index contributed by atoms with van der Waals surface area (Å²) in [6.07, 6.45) is -4.74. The van der Waals surface area contributed by atoms with E-state index in [0.29, 0.717) is 11.1 Å². The molecule has 0 radical (unpaired) electrons. The Kier molecular flexibility index (Phi) is 4.44. The second kappa shape index (κ2) is 6.11. The van der Waals surface area contributed by atoms with Crippen molar-refractivity contribution >= 4 is 0 Å². The summed E-state index contributed by atoms with van der Waals surface area (Å²) in [5.74, 6) is 4.68. The first kappa shape index (κ1) is 15.3. The molecular weight excluding hydrogens is 288 g/mol. The van der Waals surface area contributed by atoms with E-state index in [4.69, 9.17) is 5.84 Å². The van der Waals surface area contributed by atoms with Crippen molar-refractivity contribution in [3.8, 4) is 5.75 Å². The molecule has 2 aromatic carbocycles. The minimum Gasteiger partial charge on any atom is -0.406 e. The molecule has 0 aromatic heterocycles. The van der Waals surface area contributed by atoms with Crippen molar-refractivity contribution < 1.29 is 22.3 Å². The molecule has 7 heteroatoms. The summed E-state index contributed by atoms with van der Waals surface area (Å²) in [4.78, 5) is 0. The lowest BCUT2D eigenvalue weighted by Gasteiger charge is -2.17. The molecule has 0 aliphatic rings. The standard InChI is InChI=1S/C14H12F4N2O/c15-11-3-1-2-10(8-11)13(20-19)9-4-6-12(7-5-9)21-14(16,17)18/h1-8,13,20H,19H2. The van der Waals surface area contributed by atoms with Crippen LogP contribution in [0.2, 0.25) is 0 Å². The molecule has 0 heterocycles. The lowest BCUT2D eigenvalue weighted by atomic mass is 9.99. The average Bonchev–Trinajstić information content (AvgIpc) is 2.40. The van der Waals surface area contributed by atoms with Crippen LogP contribution in [0.5, 0.6) is 5.75 Å². The van der Waals surface area contributed by atoms with Gasteiger partial charge in [0.25, 0.3) is 0 Å². The van der Waals surface area contributed by atoms with Crippen LogP contribution < -0.4 is 16.0 Å². The Morgan fingerprint density at radius 1 is 1.00 bits per heavy atom. The highest BCUT2D eigenvalue weighted by Crippen LogP contribution is 2.27. The number of rotatable bonds is 4. The number of alkyl halides is 3. The van der Waals surface area contributed by atoms with Crippen LogP contribution in [-0.2, 0) is 0 Å². The molecule has 0 saturated carbocycles. The van der Waals surface area contributed by atoms with Gasteiger partial charge in [0.2, 0.25) is 0 Å². The summed E-state index contributed by atoms with van der Waals surface area (Å²) in [6, 6.07) is 10.4. The highest BCUT2D eigenvalue weighted by molar-refractivity contribution is 5.35. The molecule has 0 spiro atoms. The van der Waals surface area contributed by atoms with E-state index in [1.165, 1.54) is 42.5 Å². The number of halogens is 4. The van der Waals surface area contributed by atoms with Crippen LogP contribution >= 0.6 is 0 Å². The molecule has 0 aliphatic heterocycles. The fourth-order valence-electron chi connectivity index (χ4n) is 1.93. The molecule has 2 aromatic rings. The van der Waals surface area contributed by atoms with Crippen LogP contribution in [0.25, 0.3) is 0 Å². The summed E-state index contributed by atoms with van der Waals surface area (Å²) in [5.41, 5.74) is 3.64. The van der Waals surface area contributed by atoms with Gasteiger partial charge in [-0.2, -0.15) is 0 Å². The first-order chi connectivity index (χ1) is 9.89. The summed E-state index contributed by atoms with van der Waals surface area (Å²) in [7, 11) is 0. The van der Waals surface area contributed by atoms with E-state index >= 15 is 0 Å². The Bertz CT molecular complexity index is 599. The van der Waals surface area contributed by atoms with Gasteiger partial charge in [0, 0.05) is 0 Å². The molecule has 112 valence electrons. The topological polar surface area (TPSA) is 47.3 Å². The van der Waals surface area contributed by atoms with Crippen molar-refractivity contribution in [2.24, 2.45) is 5.84 Å². The molecular formula is C14H12F4N2O. The van der Waals surface area contributed by atoms with E-state index in [9.17, 15) is 17.6 Å². The Balaban J connectivity index is 2.23. The van der Waals surface area contributed by atoms with E-state index in [1.54, 1.807) is 6.07 Å². The van der Waals surface area contributed by atoms with Crippen molar-refractivity contribution in [1.82, 2.24) is 5.43 Å². The Hall–Kier alpha value is -2.12. The largest absolute Gasteiger partial charge is 0.573 e. The maximum absolute atomic E-state index is 13.2. The fourth-order valence-corrected chi connectivity index (χ4v) is 1.93. The summed E-state index contributed by atoms with van der Waals surface area (Å²) < 4.78 is 53.2. The van der Waals surface area contributed by atoms with Crippen molar-refractivity contribution in [3.05, 3.63) is 65.5 Å². The van der Waals surface area contributed by atoms with Crippen LogP contribution in [0.1, 0.15) is 17.2 Å². The van der Waals surface area contributed by atoms with E-state index in [-0.39, 0.29) is 5.75 Å². The third-order valence-electron chi connectivity index (χ3n) is 2.80. The van der Waals surface area contributed by atoms with Crippen LogP contribution in [0.3, 0.4) is 0 Å². The van der Waals surface area contributed by atoms with Gasteiger partial charge in [-0.1, -0.05) is 24.3 Å². The highest BCUT2D eigenvalue weighted by atomic mass is 19.4. The molecule has 1 unspecified atom stereocenters. The molecule has 0 amide bonds. The molecule has 3 nitrogen and oxygen atoms in total. The Labute approximate surface area is 118 Å². The minimum absolute atomic E-state index is 0.332. The third-order valence-corrected chi connectivity index (χ3v) is 2.80. The summed E-state index contributed by atoms with van der Waals surface area (Å²) in [6.45, 7) is 0. The summed E-state index contributed by atoms with van der Waals surface area (Å²) in [5, 5.41) is 0. The van der Waals surface area contributed by atoms with Gasteiger partial charge in [0.15, 0.2) is 0 Å². The maximum atomic E-state index is 13.2. The van der Waals surface area contributed by atoms with Gasteiger partial charge in [-0.15, -0.1) is 13.2 Å². The molecule has 0 saturated heterocycles. The van der Waals surface area contributed by atoms with Gasteiger partial charge in [-0.05, 0) is 35.4 Å². The van der Waals surface area contributed by atoms with Crippen LogP contribution in [0.4, 0.5) is 17.6 Å². The molecule has 1 atom stereocenters.